The zero-order chi connectivity index (χ0) is 14.2. The summed E-state index contributed by atoms with van der Waals surface area (Å²) in [4.78, 5) is 14.2. The Bertz CT molecular complexity index is 513. The third kappa shape index (κ3) is 4.88. The van der Waals surface area contributed by atoms with E-state index in [2.05, 4.69) is 22.1 Å². The highest BCUT2D eigenvalue weighted by Gasteiger charge is 2.07. The molecule has 1 aromatic carbocycles. The number of hydrogen-bond acceptors (Lipinski definition) is 2. The van der Waals surface area contributed by atoms with Crippen molar-refractivity contribution in [2.45, 2.75) is 19.3 Å². The van der Waals surface area contributed by atoms with Gasteiger partial charge in [0.05, 0.1) is 13.1 Å². The molecule has 3 nitrogen and oxygen atoms in total. The molecule has 4 heteroatoms. The van der Waals surface area contributed by atoms with E-state index >= 15 is 0 Å². The molecule has 1 heterocycles. The smallest absolute Gasteiger partial charge is 0.252 e. The first kappa shape index (κ1) is 14.9. The van der Waals surface area contributed by atoms with Crippen LogP contribution in [-0.4, -0.2) is 37.0 Å². The Labute approximate surface area is 125 Å². The lowest BCUT2D eigenvalue weighted by Crippen LogP contribution is -2.30. The number of hydrogen-bond donors (Lipinski definition) is 1. The van der Waals surface area contributed by atoms with Crippen molar-refractivity contribution >= 4 is 17.5 Å². The van der Waals surface area contributed by atoms with Crippen LogP contribution in [0.25, 0.3) is 0 Å². The van der Waals surface area contributed by atoms with E-state index in [1.807, 2.05) is 0 Å². The van der Waals surface area contributed by atoms with Crippen LogP contribution in [-0.2, 0) is 0 Å². The number of carbonyl (C=O) groups is 1. The van der Waals surface area contributed by atoms with E-state index in [9.17, 15) is 4.79 Å². The minimum atomic E-state index is -0.139. The third-order valence-electron chi connectivity index (χ3n) is 3.30. The van der Waals surface area contributed by atoms with E-state index in [0.29, 0.717) is 17.1 Å². The third-order valence-corrected chi connectivity index (χ3v) is 3.54. The molecule has 0 bridgehead atoms. The largest absolute Gasteiger partial charge is 0.341 e. The summed E-state index contributed by atoms with van der Waals surface area (Å²) in [6, 6.07) is 6.90. The van der Waals surface area contributed by atoms with Gasteiger partial charge in [0.25, 0.3) is 5.91 Å². The summed E-state index contributed by atoms with van der Waals surface area (Å²) in [6.45, 7) is 3.46. The second kappa shape index (κ2) is 7.94. The first-order chi connectivity index (χ1) is 9.75. The van der Waals surface area contributed by atoms with Gasteiger partial charge >= 0.3 is 0 Å². The highest BCUT2D eigenvalue weighted by Crippen LogP contribution is 2.10. The van der Waals surface area contributed by atoms with Gasteiger partial charge in [-0.05, 0) is 44.1 Å². The summed E-state index contributed by atoms with van der Waals surface area (Å²) in [5.41, 5.74) is 0.565. The van der Waals surface area contributed by atoms with Crippen molar-refractivity contribution in [2.75, 3.05) is 26.2 Å². The Hall–Kier alpha value is -1.50. The number of benzene rings is 1. The molecule has 0 saturated carbocycles. The second-order valence-corrected chi connectivity index (χ2v) is 5.32. The maximum Gasteiger partial charge on any atom is 0.252 e. The van der Waals surface area contributed by atoms with Crippen LogP contribution in [0.2, 0.25) is 5.02 Å². The maximum atomic E-state index is 11.8. The Balaban J connectivity index is 1.71. The number of nitrogens with one attached hydrogen (secondary N) is 1. The van der Waals surface area contributed by atoms with Crippen molar-refractivity contribution in [3.05, 3.63) is 34.9 Å². The molecule has 0 radical (unpaired) electrons. The van der Waals surface area contributed by atoms with Crippen molar-refractivity contribution in [2.24, 2.45) is 0 Å². The van der Waals surface area contributed by atoms with Gasteiger partial charge in [0.15, 0.2) is 0 Å². The van der Waals surface area contributed by atoms with E-state index in [1.54, 1.807) is 24.3 Å². The molecule has 1 saturated heterocycles. The summed E-state index contributed by atoms with van der Waals surface area (Å²) in [7, 11) is 0. The molecule has 1 N–H and O–H groups in total. The van der Waals surface area contributed by atoms with Crippen LogP contribution in [0.5, 0.6) is 0 Å². The quantitative estimate of drug-likeness (QED) is 0.868. The highest BCUT2D eigenvalue weighted by atomic mass is 35.5. The predicted octanol–water partition coefficient (Wildman–Crippen LogP) is 2.56. The number of carbonyl (C=O) groups excluding carboxylic acids is 1. The van der Waals surface area contributed by atoms with Gasteiger partial charge < -0.3 is 5.32 Å². The fraction of sp³-hybridized carbons (Fsp3) is 0.438. The van der Waals surface area contributed by atoms with Crippen molar-refractivity contribution in [1.82, 2.24) is 10.2 Å². The molecular formula is C16H19ClN2O. The molecule has 1 amide bonds. The van der Waals surface area contributed by atoms with E-state index < -0.39 is 0 Å². The number of likely N-dealkylation sites (tertiary alicyclic amines) is 1. The first-order valence-corrected chi connectivity index (χ1v) is 7.35. The van der Waals surface area contributed by atoms with Gasteiger partial charge in [-0.25, -0.2) is 0 Å². The Morgan fingerprint density at radius 1 is 1.25 bits per heavy atom. The molecule has 106 valence electrons. The summed E-state index contributed by atoms with van der Waals surface area (Å²) >= 11 is 5.85. The second-order valence-electron chi connectivity index (χ2n) is 4.88. The summed E-state index contributed by atoms with van der Waals surface area (Å²) in [5.74, 6) is 5.96. The van der Waals surface area contributed by atoms with Crippen molar-refractivity contribution in [3.8, 4) is 11.8 Å². The molecule has 0 aliphatic carbocycles. The van der Waals surface area contributed by atoms with Crippen LogP contribution in [0.3, 0.4) is 0 Å². The summed E-state index contributed by atoms with van der Waals surface area (Å²) < 4.78 is 0. The summed E-state index contributed by atoms with van der Waals surface area (Å²) in [6.07, 6.45) is 3.87. The molecule has 1 aliphatic rings. The van der Waals surface area contributed by atoms with E-state index in [-0.39, 0.29) is 5.91 Å². The molecular weight excluding hydrogens is 272 g/mol. The van der Waals surface area contributed by atoms with E-state index in [0.717, 1.165) is 19.6 Å². The van der Waals surface area contributed by atoms with Gasteiger partial charge in [-0.1, -0.05) is 35.9 Å². The molecule has 0 aromatic heterocycles. The first-order valence-electron chi connectivity index (χ1n) is 6.97. The number of amides is 1. The Morgan fingerprint density at radius 2 is 2.05 bits per heavy atom. The zero-order valence-electron chi connectivity index (χ0n) is 11.5. The lowest BCUT2D eigenvalue weighted by atomic mass is 10.1. The maximum absolute atomic E-state index is 11.8. The topological polar surface area (TPSA) is 32.3 Å². The van der Waals surface area contributed by atoms with Gasteiger partial charge in [0, 0.05) is 10.6 Å². The van der Waals surface area contributed by atoms with Gasteiger partial charge in [0.2, 0.25) is 0 Å². The molecule has 0 unspecified atom stereocenters. The molecule has 2 rings (SSSR count). The number of piperidine rings is 1. The average Bonchev–Trinajstić information content (AvgIpc) is 2.48. The lowest BCUT2D eigenvalue weighted by molar-refractivity contribution is 0.0958. The van der Waals surface area contributed by atoms with E-state index in [1.165, 1.54) is 19.3 Å². The van der Waals surface area contributed by atoms with E-state index in [4.69, 9.17) is 11.6 Å². The van der Waals surface area contributed by atoms with Crippen LogP contribution in [0, 0.1) is 11.8 Å². The van der Waals surface area contributed by atoms with Crippen molar-refractivity contribution in [3.63, 3.8) is 0 Å². The number of halogens is 1. The fourth-order valence-corrected chi connectivity index (χ4v) is 2.39. The average molecular weight is 291 g/mol. The molecule has 0 spiro atoms. The number of nitrogens with zero attached hydrogens (tertiary/aromatic N) is 1. The summed E-state index contributed by atoms with van der Waals surface area (Å²) in [5, 5.41) is 3.34. The molecule has 0 atom stereocenters. The molecule has 20 heavy (non-hydrogen) atoms. The fourth-order valence-electron chi connectivity index (χ4n) is 2.20. The lowest BCUT2D eigenvalue weighted by Gasteiger charge is -2.23. The SMILES string of the molecule is O=C(NCC#CCN1CCCCC1)c1cccc(Cl)c1. The predicted molar refractivity (Wildman–Crippen MR) is 81.9 cm³/mol. The monoisotopic (exact) mass is 290 g/mol. The Morgan fingerprint density at radius 3 is 2.80 bits per heavy atom. The minimum Gasteiger partial charge on any atom is -0.341 e. The highest BCUT2D eigenvalue weighted by molar-refractivity contribution is 6.30. The molecule has 1 aromatic rings. The van der Waals surface area contributed by atoms with Gasteiger partial charge in [-0.3, -0.25) is 9.69 Å². The van der Waals surface area contributed by atoms with Crippen LogP contribution in [0.4, 0.5) is 0 Å². The van der Waals surface area contributed by atoms with Crippen molar-refractivity contribution in [1.29, 1.82) is 0 Å². The standard InChI is InChI=1S/C16H19ClN2O/c17-15-8-6-7-14(13-15)16(20)18-9-2-5-12-19-10-3-1-4-11-19/h6-8,13H,1,3-4,9-12H2,(H,18,20). The van der Waals surface area contributed by atoms with Crippen LogP contribution in [0.15, 0.2) is 24.3 Å². The number of rotatable bonds is 3. The van der Waals surface area contributed by atoms with Crippen molar-refractivity contribution < 1.29 is 4.79 Å². The van der Waals surface area contributed by atoms with Crippen LogP contribution in [0.1, 0.15) is 29.6 Å². The molecule has 1 aliphatic heterocycles. The Kier molecular flexibility index (Phi) is 5.91. The van der Waals surface area contributed by atoms with Crippen LogP contribution < -0.4 is 5.32 Å². The zero-order valence-corrected chi connectivity index (χ0v) is 12.2. The van der Waals surface area contributed by atoms with Gasteiger partial charge in [0.1, 0.15) is 0 Å². The van der Waals surface area contributed by atoms with Gasteiger partial charge in [-0.2, -0.15) is 0 Å². The van der Waals surface area contributed by atoms with Crippen LogP contribution >= 0.6 is 11.6 Å². The van der Waals surface area contributed by atoms with Gasteiger partial charge in [-0.15, -0.1) is 0 Å². The molecule has 1 fully saturated rings. The minimum absolute atomic E-state index is 0.139. The normalized spacial score (nSPS) is 15.2.